The number of nitrogens with zero attached hydrogens (tertiary/aromatic N) is 3. The number of nitrogens with one attached hydrogen (secondary N) is 2. The van der Waals surface area contributed by atoms with Crippen molar-refractivity contribution in [1.82, 2.24) is 24.8 Å². The maximum Gasteiger partial charge on any atom is 0.0659 e. The Bertz CT molecular complexity index is 1450. The summed E-state index contributed by atoms with van der Waals surface area (Å²) in [4.78, 5) is 18.6. The first kappa shape index (κ1) is 17.7. The molecule has 3 aromatic heterocycles. The molecular formula is C26H21N5. The summed E-state index contributed by atoms with van der Waals surface area (Å²) in [5.74, 6) is 0.211. The highest BCUT2D eigenvalue weighted by Crippen LogP contribution is 2.28. The van der Waals surface area contributed by atoms with E-state index < -0.39 is 0 Å². The summed E-state index contributed by atoms with van der Waals surface area (Å²) in [7, 11) is 2.04. The van der Waals surface area contributed by atoms with Crippen LogP contribution in [0.5, 0.6) is 0 Å². The van der Waals surface area contributed by atoms with Crippen LogP contribution >= 0.6 is 0 Å². The minimum Gasteiger partial charge on any atom is -0.358 e. The molecule has 0 saturated carbocycles. The van der Waals surface area contributed by atoms with Crippen molar-refractivity contribution in [1.29, 1.82) is 0 Å². The molecule has 5 nitrogen and oxygen atoms in total. The molecular weight excluding hydrogens is 382 g/mol. The van der Waals surface area contributed by atoms with E-state index in [2.05, 4.69) is 80.8 Å². The third-order valence-electron chi connectivity index (χ3n) is 5.62. The molecule has 0 aliphatic carbocycles. The number of allylic oxidation sites excluding steroid dienone is 2. The Morgan fingerprint density at radius 1 is 0.677 bits per heavy atom. The Morgan fingerprint density at radius 3 is 2.00 bits per heavy atom. The molecule has 6 rings (SSSR count). The van der Waals surface area contributed by atoms with Crippen molar-refractivity contribution in [3.05, 3.63) is 95.4 Å². The van der Waals surface area contributed by atoms with E-state index >= 15 is 0 Å². The number of hydrogen-bond acceptors (Lipinski definition) is 3. The van der Waals surface area contributed by atoms with E-state index in [1.807, 2.05) is 37.4 Å². The van der Waals surface area contributed by atoms with Crippen molar-refractivity contribution in [3.63, 3.8) is 0 Å². The number of rotatable bonds is 1. The largest absolute Gasteiger partial charge is 0.358 e. The maximum atomic E-state index is 4.77. The monoisotopic (exact) mass is 403 g/mol. The van der Waals surface area contributed by atoms with E-state index in [0.29, 0.717) is 0 Å². The summed E-state index contributed by atoms with van der Waals surface area (Å²) in [6.07, 6.45) is 16.7. The lowest BCUT2D eigenvalue weighted by Gasteiger charge is -2.16. The fraction of sp³-hybridized carbons (Fsp3) is 0.0769. The lowest BCUT2D eigenvalue weighted by molar-refractivity contribution is 0.606. The van der Waals surface area contributed by atoms with Gasteiger partial charge in [0, 0.05) is 47.4 Å². The van der Waals surface area contributed by atoms with Crippen LogP contribution in [0.25, 0.3) is 46.4 Å². The van der Waals surface area contributed by atoms with Crippen molar-refractivity contribution >= 4 is 46.4 Å². The highest BCUT2D eigenvalue weighted by Gasteiger charge is 2.13. The zero-order chi connectivity index (χ0) is 20.8. The molecule has 6 heterocycles. The topological polar surface area (TPSA) is 60.6 Å². The zero-order valence-corrected chi connectivity index (χ0v) is 17.1. The molecule has 0 aromatic carbocycles. The summed E-state index contributed by atoms with van der Waals surface area (Å²) < 4.78 is 0. The molecule has 0 amide bonds. The summed E-state index contributed by atoms with van der Waals surface area (Å²) in [6.45, 7) is 0. The van der Waals surface area contributed by atoms with Crippen LogP contribution in [0.15, 0.2) is 67.0 Å². The van der Waals surface area contributed by atoms with Crippen LogP contribution in [0.1, 0.15) is 34.3 Å². The lowest BCUT2D eigenvalue weighted by atomic mass is 9.98. The molecule has 150 valence electrons. The van der Waals surface area contributed by atoms with Gasteiger partial charge in [0.05, 0.1) is 22.8 Å². The molecule has 0 unspecified atom stereocenters. The van der Waals surface area contributed by atoms with Gasteiger partial charge in [-0.2, -0.15) is 0 Å². The van der Waals surface area contributed by atoms with E-state index in [-0.39, 0.29) is 5.92 Å². The normalized spacial score (nSPS) is 15.2. The predicted octanol–water partition coefficient (Wildman–Crippen LogP) is 5.71. The van der Waals surface area contributed by atoms with Crippen LogP contribution in [-0.2, 0) is 0 Å². The Kier molecular flexibility index (Phi) is 3.99. The molecule has 8 bridgehead atoms. The number of aromatic nitrogens is 4. The van der Waals surface area contributed by atoms with E-state index in [9.17, 15) is 0 Å². The van der Waals surface area contributed by atoms with Crippen LogP contribution in [0.4, 0.5) is 0 Å². The second-order valence-electron chi connectivity index (χ2n) is 8.00. The van der Waals surface area contributed by atoms with Crippen molar-refractivity contribution in [3.8, 4) is 0 Å². The first-order valence-corrected chi connectivity index (χ1v) is 10.3. The SMILES string of the molecule is CN1C=CC(c2cc3cc4ccc(cc5nc(cc6nc(cc2[nH]3)C=C6)C=C5)[nH]4)C=C1. The molecule has 0 radical (unpaired) electrons. The van der Waals surface area contributed by atoms with Crippen molar-refractivity contribution in [2.24, 2.45) is 0 Å². The van der Waals surface area contributed by atoms with Gasteiger partial charge in [-0.3, -0.25) is 0 Å². The second kappa shape index (κ2) is 6.99. The van der Waals surface area contributed by atoms with Gasteiger partial charge in [0.15, 0.2) is 0 Å². The Hall–Kier alpha value is -4.12. The van der Waals surface area contributed by atoms with Crippen LogP contribution in [0, 0.1) is 0 Å². The van der Waals surface area contributed by atoms with Gasteiger partial charge >= 0.3 is 0 Å². The van der Waals surface area contributed by atoms with E-state index in [1.165, 1.54) is 5.56 Å². The molecule has 0 saturated heterocycles. The molecule has 3 aromatic rings. The average molecular weight is 403 g/mol. The first-order valence-electron chi connectivity index (χ1n) is 10.3. The number of H-pyrrole nitrogens is 2. The van der Waals surface area contributed by atoms with Gasteiger partial charge in [0.2, 0.25) is 0 Å². The average Bonchev–Trinajstić information content (AvgIpc) is 3.54. The number of aromatic amines is 2. The minimum absolute atomic E-state index is 0.211. The van der Waals surface area contributed by atoms with Crippen LogP contribution in [0.3, 0.4) is 0 Å². The van der Waals surface area contributed by atoms with Gasteiger partial charge < -0.3 is 14.9 Å². The Morgan fingerprint density at radius 2 is 1.29 bits per heavy atom. The van der Waals surface area contributed by atoms with Crippen LogP contribution < -0.4 is 0 Å². The lowest BCUT2D eigenvalue weighted by Crippen LogP contribution is -2.06. The predicted molar refractivity (Wildman–Crippen MR) is 128 cm³/mol. The molecule has 0 spiro atoms. The third kappa shape index (κ3) is 3.51. The van der Waals surface area contributed by atoms with E-state index in [0.717, 1.165) is 44.8 Å². The zero-order valence-electron chi connectivity index (χ0n) is 17.1. The molecule has 0 fully saturated rings. The number of hydrogen-bond donors (Lipinski definition) is 2. The van der Waals surface area contributed by atoms with E-state index in [4.69, 9.17) is 4.98 Å². The smallest absolute Gasteiger partial charge is 0.0659 e. The quantitative estimate of drug-likeness (QED) is 0.377. The van der Waals surface area contributed by atoms with Gasteiger partial charge in [-0.25, -0.2) is 9.97 Å². The van der Waals surface area contributed by atoms with Crippen molar-refractivity contribution < 1.29 is 0 Å². The van der Waals surface area contributed by atoms with Gasteiger partial charge in [0.25, 0.3) is 0 Å². The molecule has 5 heteroatoms. The molecule has 3 aliphatic heterocycles. The highest BCUT2D eigenvalue weighted by molar-refractivity contribution is 5.78. The Balaban J connectivity index is 1.63. The number of fused-ring (bicyclic) bond motifs is 8. The molecule has 3 aliphatic rings. The fourth-order valence-electron chi connectivity index (χ4n) is 4.09. The van der Waals surface area contributed by atoms with Gasteiger partial charge in [-0.1, -0.05) is 12.2 Å². The fourth-order valence-corrected chi connectivity index (χ4v) is 4.09. The highest BCUT2D eigenvalue weighted by atomic mass is 15.0. The first-order chi connectivity index (χ1) is 15.2. The van der Waals surface area contributed by atoms with Crippen molar-refractivity contribution in [2.45, 2.75) is 5.92 Å². The van der Waals surface area contributed by atoms with Gasteiger partial charge in [-0.15, -0.1) is 0 Å². The standard InChI is InChI=1S/C26H21N5/c1-31-10-8-17(9-11-31)25-15-24-14-22-5-4-20(28-22)12-18-2-3-19(27-18)13-21-6-7-23(29-21)16-26(25)30-24/h2-17,28,30H,1H3. The summed E-state index contributed by atoms with van der Waals surface area (Å²) in [5.41, 5.74) is 9.08. The Labute approximate surface area is 179 Å². The molecule has 31 heavy (non-hydrogen) atoms. The van der Waals surface area contributed by atoms with Gasteiger partial charge in [-0.05, 0) is 72.3 Å². The third-order valence-corrected chi connectivity index (χ3v) is 5.62. The minimum atomic E-state index is 0.211. The van der Waals surface area contributed by atoms with Gasteiger partial charge in [0.1, 0.15) is 0 Å². The second-order valence-corrected chi connectivity index (χ2v) is 8.00. The van der Waals surface area contributed by atoms with Crippen LogP contribution in [-0.4, -0.2) is 31.9 Å². The molecule has 2 N–H and O–H groups in total. The molecule has 0 atom stereocenters. The maximum absolute atomic E-state index is 4.77. The van der Waals surface area contributed by atoms with Crippen LogP contribution in [0.2, 0.25) is 0 Å². The summed E-state index contributed by atoms with van der Waals surface area (Å²) in [5, 5.41) is 0. The van der Waals surface area contributed by atoms with Crippen molar-refractivity contribution in [2.75, 3.05) is 7.05 Å². The van der Waals surface area contributed by atoms with E-state index in [1.54, 1.807) is 0 Å². The summed E-state index contributed by atoms with van der Waals surface area (Å²) >= 11 is 0. The summed E-state index contributed by atoms with van der Waals surface area (Å²) in [6, 6.07) is 14.7.